The minimum Gasteiger partial charge on any atom is -0.385 e. The molecule has 0 aliphatic heterocycles. The second kappa shape index (κ2) is 5.29. The molecule has 1 aromatic rings. The van der Waals surface area contributed by atoms with Crippen LogP contribution in [0.2, 0.25) is 0 Å². The number of benzene rings is 1. The molecule has 2 heteroatoms. The van der Waals surface area contributed by atoms with Gasteiger partial charge in [0.25, 0.3) is 0 Å². The first-order valence-electron chi connectivity index (χ1n) is 5.51. The van der Waals surface area contributed by atoms with Crippen LogP contribution in [-0.4, -0.2) is 17.3 Å². The van der Waals surface area contributed by atoms with Gasteiger partial charge >= 0.3 is 0 Å². The van der Waals surface area contributed by atoms with E-state index in [0.29, 0.717) is 6.61 Å². The number of ether oxygens (including phenoxy) is 1. The van der Waals surface area contributed by atoms with E-state index in [-0.39, 0.29) is 0 Å². The Hall–Kier alpha value is -0.860. The molecule has 0 fully saturated rings. The van der Waals surface area contributed by atoms with Gasteiger partial charge in [-0.05, 0) is 25.8 Å². The SMILES string of the molecule is CCOC(C)(CC)C(O)c1ccccc1. The molecule has 0 aliphatic rings. The summed E-state index contributed by atoms with van der Waals surface area (Å²) in [7, 11) is 0. The van der Waals surface area contributed by atoms with Gasteiger partial charge in [0, 0.05) is 6.61 Å². The average molecular weight is 208 g/mol. The van der Waals surface area contributed by atoms with Crippen molar-refractivity contribution in [2.45, 2.75) is 38.9 Å². The van der Waals surface area contributed by atoms with Crippen LogP contribution in [0.15, 0.2) is 30.3 Å². The lowest BCUT2D eigenvalue weighted by molar-refractivity contribution is -0.113. The highest BCUT2D eigenvalue weighted by molar-refractivity contribution is 5.20. The van der Waals surface area contributed by atoms with Crippen LogP contribution in [0.4, 0.5) is 0 Å². The zero-order valence-electron chi connectivity index (χ0n) is 9.73. The highest BCUT2D eigenvalue weighted by Gasteiger charge is 2.32. The van der Waals surface area contributed by atoms with Gasteiger partial charge in [-0.15, -0.1) is 0 Å². The first kappa shape index (κ1) is 12.2. The fourth-order valence-electron chi connectivity index (χ4n) is 1.69. The molecule has 1 rings (SSSR count). The van der Waals surface area contributed by atoms with E-state index in [1.807, 2.05) is 51.1 Å². The number of hydrogen-bond acceptors (Lipinski definition) is 2. The van der Waals surface area contributed by atoms with Crippen molar-refractivity contribution >= 4 is 0 Å². The third kappa shape index (κ3) is 2.80. The first-order chi connectivity index (χ1) is 7.14. The van der Waals surface area contributed by atoms with Gasteiger partial charge in [-0.25, -0.2) is 0 Å². The summed E-state index contributed by atoms with van der Waals surface area (Å²) < 4.78 is 5.64. The van der Waals surface area contributed by atoms with Crippen molar-refractivity contribution in [1.82, 2.24) is 0 Å². The largest absolute Gasteiger partial charge is 0.385 e. The van der Waals surface area contributed by atoms with Gasteiger partial charge < -0.3 is 9.84 Å². The van der Waals surface area contributed by atoms with Gasteiger partial charge in [-0.2, -0.15) is 0 Å². The van der Waals surface area contributed by atoms with Crippen molar-refractivity contribution in [2.75, 3.05) is 6.61 Å². The van der Waals surface area contributed by atoms with Crippen LogP contribution in [0.5, 0.6) is 0 Å². The molecule has 1 N–H and O–H groups in total. The minimum atomic E-state index is -0.566. The molecule has 0 heterocycles. The Kier molecular flexibility index (Phi) is 4.30. The molecule has 0 aliphatic carbocycles. The molecule has 1 aromatic carbocycles. The molecular formula is C13H20O2. The highest BCUT2D eigenvalue weighted by Crippen LogP contribution is 2.31. The maximum atomic E-state index is 10.2. The monoisotopic (exact) mass is 208 g/mol. The maximum Gasteiger partial charge on any atom is 0.108 e. The van der Waals surface area contributed by atoms with Crippen molar-refractivity contribution in [3.05, 3.63) is 35.9 Å². The molecule has 0 spiro atoms. The molecule has 0 bridgehead atoms. The van der Waals surface area contributed by atoms with Crippen molar-refractivity contribution in [2.24, 2.45) is 0 Å². The standard InChI is InChI=1S/C13H20O2/c1-4-13(3,15-5-2)12(14)11-9-7-6-8-10-11/h6-10,12,14H,4-5H2,1-3H3. The zero-order valence-corrected chi connectivity index (χ0v) is 9.73. The number of rotatable bonds is 5. The summed E-state index contributed by atoms with van der Waals surface area (Å²) in [6.45, 7) is 6.55. The molecule has 84 valence electrons. The third-order valence-electron chi connectivity index (χ3n) is 2.87. The fraction of sp³-hybridized carbons (Fsp3) is 0.538. The van der Waals surface area contributed by atoms with Gasteiger partial charge in [0.1, 0.15) is 6.10 Å². The van der Waals surface area contributed by atoms with Crippen molar-refractivity contribution in [3.8, 4) is 0 Å². The quantitative estimate of drug-likeness (QED) is 0.806. The van der Waals surface area contributed by atoms with Gasteiger partial charge in [0.15, 0.2) is 0 Å². The first-order valence-corrected chi connectivity index (χ1v) is 5.51. The zero-order chi connectivity index (χ0) is 11.3. The molecule has 0 radical (unpaired) electrons. The van der Waals surface area contributed by atoms with Crippen LogP contribution in [-0.2, 0) is 4.74 Å². The number of aliphatic hydroxyl groups excluding tert-OH is 1. The summed E-state index contributed by atoms with van der Waals surface area (Å²) in [4.78, 5) is 0. The van der Waals surface area contributed by atoms with E-state index >= 15 is 0 Å². The molecule has 0 saturated heterocycles. The molecule has 2 atom stereocenters. The third-order valence-corrected chi connectivity index (χ3v) is 2.87. The van der Waals surface area contributed by atoms with E-state index in [1.165, 1.54) is 0 Å². The Morgan fingerprint density at radius 3 is 2.33 bits per heavy atom. The molecule has 0 aromatic heterocycles. The lowest BCUT2D eigenvalue weighted by Crippen LogP contribution is -2.35. The Bertz CT molecular complexity index is 284. The maximum absolute atomic E-state index is 10.2. The van der Waals surface area contributed by atoms with Gasteiger partial charge in [-0.3, -0.25) is 0 Å². The predicted molar refractivity (Wildman–Crippen MR) is 61.7 cm³/mol. The summed E-state index contributed by atoms with van der Waals surface area (Å²) in [6, 6.07) is 9.66. The van der Waals surface area contributed by atoms with E-state index in [4.69, 9.17) is 4.74 Å². The minimum absolute atomic E-state index is 0.490. The summed E-state index contributed by atoms with van der Waals surface area (Å²) in [5, 5.41) is 10.2. The lowest BCUT2D eigenvalue weighted by atomic mass is 9.90. The lowest BCUT2D eigenvalue weighted by Gasteiger charge is -2.33. The molecule has 15 heavy (non-hydrogen) atoms. The van der Waals surface area contributed by atoms with Crippen molar-refractivity contribution < 1.29 is 9.84 Å². The summed E-state index contributed by atoms with van der Waals surface area (Å²) in [6.07, 6.45) is 0.223. The van der Waals surface area contributed by atoms with Crippen LogP contribution in [0.3, 0.4) is 0 Å². The van der Waals surface area contributed by atoms with E-state index in [2.05, 4.69) is 0 Å². The van der Waals surface area contributed by atoms with Gasteiger partial charge in [0.2, 0.25) is 0 Å². The van der Waals surface area contributed by atoms with E-state index in [1.54, 1.807) is 0 Å². The molecular weight excluding hydrogens is 188 g/mol. The van der Waals surface area contributed by atoms with Crippen LogP contribution in [0, 0.1) is 0 Å². The van der Waals surface area contributed by atoms with Crippen LogP contribution < -0.4 is 0 Å². The second-order valence-corrected chi connectivity index (χ2v) is 3.91. The van der Waals surface area contributed by atoms with E-state index in [9.17, 15) is 5.11 Å². The van der Waals surface area contributed by atoms with E-state index in [0.717, 1.165) is 12.0 Å². The van der Waals surface area contributed by atoms with Crippen LogP contribution >= 0.6 is 0 Å². The topological polar surface area (TPSA) is 29.5 Å². The predicted octanol–water partition coefficient (Wildman–Crippen LogP) is 2.93. The normalized spacial score (nSPS) is 17.1. The Labute approximate surface area is 91.9 Å². The highest BCUT2D eigenvalue weighted by atomic mass is 16.5. The van der Waals surface area contributed by atoms with Gasteiger partial charge in [0.05, 0.1) is 5.60 Å². The van der Waals surface area contributed by atoms with Gasteiger partial charge in [-0.1, -0.05) is 37.3 Å². The van der Waals surface area contributed by atoms with E-state index < -0.39 is 11.7 Å². The Morgan fingerprint density at radius 2 is 1.87 bits per heavy atom. The molecule has 2 nitrogen and oxygen atoms in total. The molecule has 0 amide bonds. The van der Waals surface area contributed by atoms with Crippen LogP contribution in [0.25, 0.3) is 0 Å². The second-order valence-electron chi connectivity index (χ2n) is 3.91. The van der Waals surface area contributed by atoms with Crippen molar-refractivity contribution in [3.63, 3.8) is 0 Å². The smallest absolute Gasteiger partial charge is 0.108 e. The molecule has 2 unspecified atom stereocenters. The average Bonchev–Trinajstić information content (AvgIpc) is 2.29. The van der Waals surface area contributed by atoms with Crippen LogP contribution in [0.1, 0.15) is 38.9 Å². The Balaban J connectivity index is 2.86. The summed E-state index contributed by atoms with van der Waals surface area (Å²) in [5.74, 6) is 0. The summed E-state index contributed by atoms with van der Waals surface area (Å²) in [5.41, 5.74) is 0.422. The fourth-order valence-corrected chi connectivity index (χ4v) is 1.69. The number of aliphatic hydroxyl groups is 1. The Morgan fingerprint density at radius 1 is 1.27 bits per heavy atom. The summed E-state index contributed by atoms with van der Waals surface area (Å²) >= 11 is 0. The molecule has 0 saturated carbocycles. The number of hydrogen-bond donors (Lipinski definition) is 1. The van der Waals surface area contributed by atoms with Crippen molar-refractivity contribution in [1.29, 1.82) is 0 Å².